The summed E-state index contributed by atoms with van der Waals surface area (Å²) in [5, 5.41) is 8.10. The summed E-state index contributed by atoms with van der Waals surface area (Å²) in [6.45, 7) is 2.32. The molecule has 5 nitrogen and oxygen atoms in total. The van der Waals surface area contributed by atoms with E-state index >= 15 is 0 Å². The van der Waals surface area contributed by atoms with Gasteiger partial charge in [-0.05, 0) is 52.2 Å². The van der Waals surface area contributed by atoms with Gasteiger partial charge in [0.25, 0.3) is 5.91 Å². The van der Waals surface area contributed by atoms with Crippen LogP contribution >= 0.6 is 39.1 Å². The first-order valence-corrected chi connectivity index (χ1v) is 9.62. The normalized spacial score (nSPS) is 10.7. The van der Waals surface area contributed by atoms with Crippen LogP contribution in [-0.4, -0.2) is 22.3 Å². The van der Waals surface area contributed by atoms with Gasteiger partial charge in [0.2, 0.25) is 0 Å². The summed E-state index contributed by atoms with van der Waals surface area (Å²) in [7, 11) is 0. The first-order chi connectivity index (χ1) is 12.9. The van der Waals surface area contributed by atoms with Crippen molar-refractivity contribution in [1.29, 1.82) is 0 Å². The minimum atomic E-state index is -0.293. The van der Waals surface area contributed by atoms with Gasteiger partial charge in [0.05, 0.1) is 21.1 Å². The van der Waals surface area contributed by atoms with Crippen LogP contribution in [0.1, 0.15) is 11.1 Å². The van der Waals surface area contributed by atoms with Gasteiger partial charge in [0, 0.05) is 6.20 Å². The molecule has 0 saturated heterocycles. The maximum Gasteiger partial charge on any atom is 0.263 e. The van der Waals surface area contributed by atoms with Crippen LogP contribution in [0.4, 0.5) is 5.82 Å². The minimum absolute atomic E-state index is 0.100. The Morgan fingerprint density at radius 3 is 2.74 bits per heavy atom. The molecule has 27 heavy (non-hydrogen) atoms. The average Bonchev–Trinajstić information content (AvgIpc) is 2.96. The summed E-state index contributed by atoms with van der Waals surface area (Å²) in [4.78, 5) is 12.2. The molecule has 1 aromatic heterocycles. The SMILES string of the molecule is Cc1ccccc1OCC(=O)Nc1nn(Cc2ccc(Cl)c(Cl)c2)cc1Br. The number of nitrogens with one attached hydrogen (secondary N) is 1. The van der Waals surface area contributed by atoms with Gasteiger partial charge in [0.1, 0.15) is 5.75 Å². The van der Waals surface area contributed by atoms with E-state index in [-0.39, 0.29) is 12.5 Å². The van der Waals surface area contributed by atoms with Crippen molar-refractivity contribution in [3.8, 4) is 5.75 Å². The summed E-state index contributed by atoms with van der Waals surface area (Å²) in [6, 6.07) is 12.9. The summed E-state index contributed by atoms with van der Waals surface area (Å²) >= 11 is 15.4. The fourth-order valence-electron chi connectivity index (χ4n) is 2.42. The third-order valence-electron chi connectivity index (χ3n) is 3.76. The number of hydrogen-bond acceptors (Lipinski definition) is 3. The molecule has 2 aromatic carbocycles. The lowest BCUT2D eigenvalue weighted by molar-refractivity contribution is -0.118. The predicted octanol–water partition coefficient (Wildman–Crippen LogP) is 5.33. The molecule has 0 atom stereocenters. The van der Waals surface area contributed by atoms with Crippen LogP contribution in [0.5, 0.6) is 5.75 Å². The van der Waals surface area contributed by atoms with Crippen molar-refractivity contribution >= 4 is 50.9 Å². The lowest BCUT2D eigenvalue weighted by atomic mass is 10.2. The number of halogens is 3. The van der Waals surface area contributed by atoms with Gasteiger partial charge in [-0.2, -0.15) is 5.10 Å². The van der Waals surface area contributed by atoms with Crippen molar-refractivity contribution in [3.05, 3.63) is 74.3 Å². The second-order valence-electron chi connectivity index (χ2n) is 5.87. The van der Waals surface area contributed by atoms with Crippen LogP contribution < -0.4 is 10.1 Å². The average molecular weight is 469 g/mol. The van der Waals surface area contributed by atoms with Crippen LogP contribution in [-0.2, 0) is 11.3 Å². The summed E-state index contributed by atoms with van der Waals surface area (Å²) < 4.78 is 7.92. The number of aromatic nitrogens is 2. The molecular formula is C19H16BrCl2N3O2. The zero-order chi connectivity index (χ0) is 19.4. The molecule has 0 spiro atoms. The molecule has 1 amide bonds. The molecule has 3 rings (SSSR count). The molecule has 0 fully saturated rings. The van der Waals surface area contributed by atoms with Crippen LogP contribution in [0.15, 0.2) is 53.1 Å². The Hall–Kier alpha value is -2.02. The summed E-state index contributed by atoms with van der Waals surface area (Å²) in [5.41, 5.74) is 1.91. The molecule has 1 heterocycles. The highest BCUT2D eigenvalue weighted by Crippen LogP contribution is 2.25. The van der Waals surface area contributed by atoms with Crippen LogP contribution in [0, 0.1) is 6.92 Å². The number of benzene rings is 2. The highest BCUT2D eigenvalue weighted by molar-refractivity contribution is 9.10. The molecular weight excluding hydrogens is 453 g/mol. The van der Waals surface area contributed by atoms with E-state index in [1.165, 1.54) is 0 Å². The topological polar surface area (TPSA) is 56.1 Å². The Labute approximate surface area is 175 Å². The third kappa shape index (κ3) is 5.25. The number of para-hydroxylation sites is 1. The van der Waals surface area contributed by atoms with Gasteiger partial charge in [-0.15, -0.1) is 0 Å². The van der Waals surface area contributed by atoms with E-state index in [9.17, 15) is 4.79 Å². The zero-order valence-corrected chi connectivity index (χ0v) is 17.5. The highest BCUT2D eigenvalue weighted by Gasteiger charge is 2.12. The van der Waals surface area contributed by atoms with E-state index in [0.717, 1.165) is 11.1 Å². The quantitative estimate of drug-likeness (QED) is 0.532. The number of aryl methyl sites for hydroxylation is 1. The maximum absolute atomic E-state index is 12.2. The van der Waals surface area contributed by atoms with E-state index in [0.29, 0.717) is 32.6 Å². The first-order valence-electron chi connectivity index (χ1n) is 8.07. The van der Waals surface area contributed by atoms with Crippen molar-refractivity contribution < 1.29 is 9.53 Å². The fourth-order valence-corrected chi connectivity index (χ4v) is 3.15. The van der Waals surface area contributed by atoms with E-state index in [4.69, 9.17) is 27.9 Å². The minimum Gasteiger partial charge on any atom is -0.483 e. The van der Waals surface area contributed by atoms with E-state index in [1.54, 1.807) is 23.0 Å². The molecule has 0 radical (unpaired) electrons. The fraction of sp³-hybridized carbons (Fsp3) is 0.158. The third-order valence-corrected chi connectivity index (χ3v) is 5.08. The Morgan fingerprint density at radius 2 is 2.00 bits per heavy atom. The maximum atomic E-state index is 12.2. The van der Waals surface area contributed by atoms with Crippen LogP contribution in [0.3, 0.4) is 0 Å². The van der Waals surface area contributed by atoms with Crippen molar-refractivity contribution in [3.63, 3.8) is 0 Å². The monoisotopic (exact) mass is 467 g/mol. The molecule has 3 aromatic rings. The molecule has 0 aliphatic heterocycles. The van der Waals surface area contributed by atoms with E-state index in [2.05, 4.69) is 26.3 Å². The largest absolute Gasteiger partial charge is 0.483 e. The molecule has 140 valence electrons. The van der Waals surface area contributed by atoms with Gasteiger partial charge < -0.3 is 10.1 Å². The van der Waals surface area contributed by atoms with E-state index in [1.807, 2.05) is 37.3 Å². The number of amides is 1. The summed E-state index contributed by atoms with van der Waals surface area (Å²) in [6.07, 6.45) is 1.78. The Bertz CT molecular complexity index is 975. The second-order valence-corrected chi connectivity index (χ2v) is 7.54. The van der Waals surface area contributed by atoms with Gasteiger partial charge in [-0.25, -0.2) is 0 Å². The number of hydrogen-bond donors (Lipinski definition) is 1. The van der Waals surface area contributed by atoms with E-state index < -0.39 is 0 Å². The zero-order valence-electron chi connectivity index (χ0n) is 14.4. The van der Waals surface area contributed by atoms with Gasteiger partial charge in [-0.1, -0.05) is 47.5 Å². The predicted molar refractivity (Wildman–Crippen MR) is 111 cm³/mol. The number of carbonyl (C=O) groups is 1. The molecule has 0 saturated carbocycles. The van der Waals surface area contributed by atoms with Gasteiger partial charge in [0.15, 0.2) is 12.4 Å². The van der Waals surface area contributed by atoms with Gasteiger partial charge >= 0.3 is 0 Å². The van der Waals surface area contributed by atoms with Crippen LogP contribution in [0.2, 0.25) is 10.0 Å². The van der Waals surface area contributed by atoms with Crippen molar-refractivity contribution in [2.75, 3.05) is 11.9 Å². The molecule has 0 aliphatic rings. The molecule has 1 N–H and O–H groups in total. The number of ether oxygens (including phenoxy) is 1. The lowest BCUT2D eigenvalue weighted by Gasteiger charge is -2.08. The molecule has 8 heteroatoms. The number of anilines is 1. The Balaban J connectivity index is 1.61. The van der Waals surface area contributed by atoms with Crippen molar-refractivity contribution in [2.45, 2.75) is 13.5 Å². The van der Waals surface area contributed by atoms with Crippen LogP contribution in [0.25, 0.3) is 0 Å². The van der Waals surface area contributed by atoms with Crippen molar-refractivity contribution in [2.24, 2.45) is 0 Å². The smallest absolute Gasteiger partial charge is 0.263 e. The number of nitrogens with zero attached hydrogens (tertiary/aromatic N) is 2. The highest BCUT2D eigenvalue weighted by atomic mass is 79.9. The standard InChI is InChI=1S/C19H16BrCl2N3O2/c1-12-4-2-3-5-17(12)27-11-18(26)23-19-14(20)10-25(24-19)9-13-6-7-15(21)16(22)8-13/h2-8,10H,9,11H2,1H3,(H,23,24,26). The van der Waals surface area contributed by atoms with Gasteiger partial charge in [-0.3, -0.25) is 9.48 Å². The first kappa shape index (κ1) is 19.7. The van der Waals surface area contributed by atoms with Crippen molar-refractivity contribution in [1.82, 2.24) is 9.78 Å². The lowest BCUT2D eigenvalue weighted by Crippen LogP contribution is -2.21. The number of carbonyl (C=O) groups excluding carboxylic acids is 1. The Morgan fingerprint density at radius 1 is 1.22 bits per heavy atom. The molecule has 0 unspecified atom stereocenters. The Kier molecular flexibility index (Phi) is 6.42. The second kappa shape index (κ2) is 8.78. The summed E-state index contributed by atoms with van der Waals surface area (Å²) in [5.74, 6) is 0.809. The molecule has 0 aliphatic carbocycles. The molecule has 0 bridgehead atoms. The number of rotatable bonds is 6.